The fraction of sp³-hybridized carbons (Fsp3) is 0.809. The number of carbonyl (C=O) groups excluding carboxylic acids is 3. The van der Waals surface area contributed by atoms with Gasteiger partial charge in [0.25, 0.3) is 0 Å². The van der Waals surface area contributed by atoms with E-state index in [1.165, 1.54) is 89.9 Å². The van der Waals surface area contributed by atoms with Crippen LogP contribution in [0.1, 0.15) is 226 Å². The van der Waals surface area contributed by atoms with Crippen molar-refractivity contribution in [3.63, 3.8) is 0 Å². The van der Waals surface area contributed by atoms with Gasteiger partial charge >= 0.3 is 17.9 Å². The lowest BCUT2D eigenvalue weighted by Crippen LogP contribution is -2.30. The molecular weight excluding hydrogens is 661 g/mol. The van der Waals surface area contributed by atoms with Crippen LogP contribution < -0.4 is 0 Å². The van der Waals surface area contributed by atoms with E-state index in [0.29, 0.717) is 19.3 Å². The molecule has 0 rings (SSSR count). The highest BCUT2D eigenvalue weighted by Gasteiger charge is 2.19. The van der Waals surface area contributed by atoms with Gasteiger partial charge in [-0.3, -0.25) is 14.4 Å². The molecule has 6 nitrogen and oxygen atoms in total. The lowest BCUT2D eigenvalue weighted by Gasteiger charge is -2.18. The van der Waals surface area contributed by atoms with Crippen LogP contribution in [0.25, 0.3) is 0 Å². The third-order valence-electron chi connectivity index (χ3n) is 9.66. The Kier molecular flexibility index (Phi) is 40.5. The van der Waals surface area contributed by atoms with Gasteiger partial charge in [0.05, 0.1) is 0 Å². The van der Waals surface area contributed by atoms with E-state index in [1.807, 2.05) is 0 Å². The normalized spacial score (nSPS) is 12.3. The van der Waals surface area contributed by atoms with Gasteiger partial charge in [-0.2, -0.15) is 0 Å². The van der Waals surface area contributed by atoms with Crippen molar-refractivity contribution in [3.8, 4) is 0 Å². The molecule has 0 radical (unpaired) electrons. The molecule has 1 atom stereocenters. The van der Waals surface area contributed by atoms with Crippen LogP contribution in [0.2, 0.25) is 0 Å². The van der Waals surface area contributed by atoms with Crippen molar-refractivity contribution in [1.29, 1.82) is 0 Å². The Balaban J connectivity index is 4.36. The number of hydrogen-bond acceptors (Lipinski definition) is 6. The van der Waals surface area contributed by atoms with Crippen LogP contribution in [0.3, 0.4) is 0 Å². The first-order valence-electron chi connectivity index (χ1n) is 22.5. The third-order valence-corrected chi connectivity index (χ3v) is 9.66. The summed E-state index contributed by atoms with van der Waals surface area (Å²) < 4.78 is 16.7. The van der Waals surface area contributed by atoms with E-state index in [1.54, 1.807) is 0 Å². The van der Waals surface area contributed by atoms with Crippen molar-refractivity contribution in [2.45, 2.75) is 232 Å². The fourth-order valence-corrected chi connectivity index (χ4v) is 6.28. The molecule has 308 valence electrons. The molecule has 0 bridgehead atoms. The van der Waals surface area contributed by atoms with Crippen molar-refractivity contribution in [2.75, 3.05) is 13.2 Å². The van der Waals surface area contributed by atoms with Crippen LogP contribution in [0.5, 0.6) is 0 Å². The molecular formula is C47H84O6. The van der Waals surface area contributed by atoms with Crippen LogP contribution in [-0.4, -0.2) is 37.2 Å². The zero-order valence-electron chi connectivity index (χ0n) is 35.0. The van der Waals surface area contributed by atoms with Crippen LogP contribution in [0, 0.1) is 0 Å². The Labute approximate surface area is 327 Å². The summed E-state index contributed by atoms with van der Waals surface area (Å²) in [6, 6.07) is 0. The Bertz CT molecular complexity index is 907. The Hall–Kier alpha value is -2.37. The van der Waals surface area contributed by atoms with Crippen LogP contribution in [-0.2, 0) is 28.6 Å². The fourth-order valence-electron chi connectivity index (χ4n) is 6.28. The summed E-state index contributed by atoms with van der Waals surface area (Å²) in [6.45, 7) is 6.48. The standard InChI is InChI=1S/C47H84O6/c1-4-7-10-13-16-19-22-23-24-25-26-29-31-34-37-40-46(49)52-43-44(53-47(50)41-38-35-32-28-21-18-15-12-9-6-3)42-51-45(48)39-36-33-30-27-20-17-14-11-8-5-2/h7,10,16,19,23-24,44H,4-6,8-9,11-15,17-18,20-22,25-43H2,1-3H3/b10-7-,19-16-,24-23-/t44-/m1/s1. The molecule has 0 N–H and O–H groups in total. The minimum absolute atomic E-state index is 0.0747. The van der Waals surface area contributed by atoms with Gasteiger partial charge in [0, 0.05) is 19.3 Å². The molecule has 0 fully saturated rings. The summed E-state index contributed by atoms with van der Waals surface area (Å²) in [7, 11) is 0. The highest BCUT2D eigenvalue weighted by Crippen LogP contribution is 2.14. The van der Waals surface area contributed by atoms with Gasteiger partial charge in [-0.05, 0) is 51.4 Å². The first-order valence-corrected chi connectivity index (χ1v) is 22.5. The monoisotopic (exact) mass is 745 g/mol. The average molecular weight is 745 g/mol. The number of hydrogen-bond donors (Lipinski definition) is 0. The van der Waals surface area contributed by atoms with Gasteiger partial charge in [0.1, 0.15) is 13.2 Å². The summed E-state index contributed by atoms with van der Waals surface area (Å²) in [6.07, 6.45) is 46.9. The molecule has 0 spiro atoms. The molecule has 0 saturated heterocycles. The topological polar surface area (TPSA) is 78.9 Å². The molecule has 0 aliphatic carbocycles. The molecule has 6 heteroatoms. The van der Waals surface area contributed by atoms with Gasteiger partial charge in [0.15, 0.2) is 6.10 Å². The number of unbranched alkanes of at least 4 members (excludes halogenated alkanes) is 23. The lowest BCUT2D eigenvalue weighted by atomic mass is 10.1. The van der Waals surface area contributed by atoms with Crippen molar-refractivity contribution in [2.24, 2.45) is 0 Å². The van der Waals surface area contributed by atoms with Crippen molar-refractivity contribution >= 4 is 17.9 Å². The third kappa shape index (κ3) is 40.6. The number of allylic oxidation sites excluding steroid dienone is 6. The highest BCUT2D eigenvalue weighted by molar-refractivity contribution is 5.71. The van der Waals surface area contributed by atoms with E-state index in [4.69, 9.17) is 14.2 Å². The van der Waals surface area contributed by atoms with Crippen molar-refractivity contribution in [3.05, 3.63) is 36.5 Å². The number of esters is 3. The van der Waals surface area contributed by atoms with Gasteiger partial charge < -0.3 is 14.2 Å². The second-order valence-corrected chi connectivity index (χ2v) is 14.9. The second-order valence-electron chi connectivity index (χ2n) is 14.9. The maximum absolute atomic E-state index is 12.7. The lowest BCUT2D eigenvalue weighted by molar-refractivity contribution is -0.167. The Morgan fingerprint density at radius 3 is 1.15 bits per heavy atom. The van der Waals surface area contributed by atoms with E-state index in [9.17, 15) is 14.4 Å². The Morgan fingerprint density at radius 1 is 0.396 bits per heavy atom. The van der Waals surface area contributed by atoms with E-state index >= 15 is 0 Å². The number of rotatable bonds is 40. The average Bonchev–Trinajstić information content (AvgIpc) is 3.15. The molecule has 0 aliphatic rings. The predicted molar refractivity (Wildman–Crippen MR) is 224 cm³/mol. The molecule has 0 amide bonds. The summed E-state index contributed by atoms with van der Waals surface area (Å²) in [5.74, 6) is -0.893. The molecule has 0 unspecified atom stereocenters. The quantitative estimate of drug-likeness (QED) is 0.0269. The van der Waals surface area contributed by atoms with Crippen LogP contribution in [0.15, 0.2) is 36.5 Å². The van der Waals surface area contributed by atoms with Gasteiger partial charge in [-0.1, -0.05) is 192 Å². The minimum Gasteiger partial charge on any atom is -0.462 e. The minimum atomic E-state index is -0.771. The largest absolute Gasteiger partial charge is 0.462 e. The highest BCUT2D eigenvalue weighted by atomic mass is 16.6. The summed E-state index contributed by atoms with van der Waals surface area (Å²) in [4.78, 5) is 37.6. The van der Waals surface area contributed by atoms with Crippen molar-refractivity contribution < 1.29 is 28.6 Å². The molecule has 0 aromatic rings. The molecule has 0 saturated carbocycles. The maximum atomic E-state index is 12.7. The van der Waals surface area contributed by atoms with E-state index in [-0.39, 0.29) is 31.1 Å². The SMILES string of the molecule is CC/C=C\C/C=C\C/C=C\CCCCCCCC(=O)OC[C@@H](COC(=O)CCCCCCCCCCCC)OC(=O)CCCCCCCCCCCC. The smallest absolute Gasteiger partial charge is 0.306 e. The number of carbonyl (C=O) groups is 3. The second kappa shape index (κ2) is 42.4. The zero-order valence-corrected chi connectivity index (χ0v) is 35.0. The summed E-state index contributed by atoms with van der Waals surface area (Å²) in [5, 5.41) is 0. The zero-order chi connectivity index (χ0) is 38.7. The predicted octanol–water partition coefficient (Wildman–Crippen LogP) is 14.2. The summed E-state index contributed by atoms with van der Waals surface area (Å²) >= 11 is 0. The maximum Gasteiger partial charge on any atom is 0.306 e. The van der Waals surface area contributed by atoms with Gasteiger partial charge in [-0.15, -0.1) is 0 Å². The molecule has 0 aliphatic heterocycles. The van der Waals surface area contributed by atoms with E-state index in [0.717, 1.165) is 96.3 Å². The Morgan fingerprint density at radius 2 is 0.736 bits per heavy atom. The summed E-state index contributed by atoms with van der Waals surface area (Å²) in [5.41, 5.74) is 0. The molecule has 0 aromatic carbocycles. The van der Waals surface area contributed by atoms with Crippen LogP contribution >= 0.6 is 0 Å². The number of ether oxygens (including phenoxy) is 3. The van der Waals surface area contributed by atoms with Gasteiger partial charge in [-0.25, -0.2) is 0 Å². The van der Waals surface area contributed by atoms with E-state index < -0.39 is 6.10 Å². The molecule has 53 heavy (non-hydrogen) atoms. The van der Waals surface area contributed by atoms with Gasteiger partial charge in [0.2, 0.25) is 0 Å². The van der Waals surface area contributed by atoms with Crippen LogP contribution in [0.4, 0.5) is 0 Å². The first-order chi connectivity index (χ1) is 26.0. The molecule has 0 heterocycles. The molecule has 0 aromatic heterocycles. The van der Waals surface area contributed by atoms with Crippen molar-refractivity contribution in [1.82, 2.24) is 0 Å². The van der Waals surface area contributed by atoms with E-state index in [2.05, 4.69) is 57.2 Å². The first kappa shape index (κ1) is 50.6.